The Balaban J connectivity index is 0. The van der Waals surface area contributed by atoms with Crippen LogP contribution in [0, 0.1) is 0 Å². The molecular formula is C9H16Cl2N2. The summed E-state index contributed by atoms with van der Waals surface area (Å²) in [6.45, 7) is 0. The molecule has 2 N–H and O–H groups in total. The summed E-state index contributed by atoms with van der Waals surface area (Å²) in [7, 11) is 3.94. The molecule has 0 aliphatic carbocycles. The Hall–Kier alpha value is -0.280. The van der Waals surface area contributed by atoms with Gasteiger partial charge in [0.05, 0.1) is 6.17 Å². The maximum absolute atomic E-state index is 5.86. The predicted molar refractivity (Wildman–Crippen MR) is 61.6 cm³/mol. The average molecular weight is 223 g/mol. The van der Waals surface area contributed by atoms with Crippen LogP contribution < -0.4 is 5.73 Å². The highest BCUT2D eigenvalue weighted by molar-refractivity contribution is 5.85. The monoisotopic (exact) mass is 222 g/mol. The molecule has 0 fully saturated rings. The lowest BCUT2D eigenvalue weighted by molar-refractivity contribution is 0.307. The van der Waals surface area contributed by atoms with Gasteiger partial charge in [-0.05, 0) is 19.7 Å². The molecule has 0 saturated heterocycles. The van der Waals surface area contributed by atoms with Crippen LogP contribution in [0.2, 0.25) is 0 Å². The van der Waals surface area contributed by atoms with Crippen LogP contribution in [-0.2, 0) is 0 Å². The summed E-state index contributed by atoms with van der Waals surface area (Å²) in [5, 5.41) is 0. The third-order valence-electron chi connectivity index (χ3n) is 1.70. The number of hydrogen-bond donors (Lipinski definition) is 1. The summed E-state index contributed by atoms with van der Waals surface area (Å²) in [5.41, 5.74) is 7.01. The summed E-state index contributed by atoms with van der Waals surface area (Å²) < 4.78 is 0. The van der Waals surface area contributed by atoms with Crippen LogP contribution in [0.1, 0.15) is 11.7 Å². The van der Waals surface area contributed by atoms with Crippen molar-refractivity contribution in [3.05, 3.63) is 35.9 Å². The quantitative estimate of drug-likeness (QED) is 0.777. The number of benzene rings is 1. The highest BCUT2D eigenvalue weighted by atomic mass is 35.5. The van der Waals surface area contributed by atoms with Crippen molar-refractivity contribution in [1.82, 2.24) is 4.90 Å². The van der Waals surface area contributed by atoms with E-state index in [9.17, 15) is 0 Å². The van der Waals surface area contributed by atoms with Crippen LogP contribution in [0.4, 0.5) is 0 Å². The van der Waals surface area contributed by atoms with E-state index in [0.717, 1.165) is 5.56 Å². The summed E-state index contributed by atoms with van der Waals surface area (Å²) in [4.78, 5) is 1.98. The molecule has 1 aromatic rings. The average Bonchev–Trinajstić information content (AvgIpc) is 2.05. The van der Waals surface area contributed by atoms with Crippen LogP contribution >= 0.6 is 24.8 Å². The number of nitrogens with zero attached hydrogens (tertiary/aromatic N) is 1. The molecule has 2 nitrogen and oxygen atoms in total. The molecular weight excluding hydrogens is 207 g/mol. The lowest BCUT2D eigenvalue weighted by Gasteiger charge is -2.19. The lowest BCUT2D eigenvalue weighted by Crippen LogP contribution is -2.27. The van der Waals surface area contributed by atoms with E-state index in [1.165, 1.54) is 0 Å². The van der Waals surface area contributed by atoms with E-state index in [1.54, 1.807) is 0 Å². The molecule has 0 aromatic heterocycles. The van der Waals surface area contributed by atoms with Gasteiger partial charge >= 0.3 is 0 Å². The van der Waals surface area contributed by atoms with E-state index in [-0.39, 0.29) is 31.0 Å². The molecule has 0 heterocycles. The predicted octanol–water partition coefficient (Wildman–Crippen LogP) is 2.05. The number of nitrogens with two attached hydrogens (primary N) is 1. The van der Waals surface area contributed by atoms with E-state index < -0.39 is 0 Å². The van der Waals surface area contributed by atoms with Crippen LogP contribution in [0.25, 0.3) is 0 Å². The first-order chi connectivity index (χ1) is 5.22. The fourth-order valence-electron chi connectivity index (χ4n) is 0.948. The van der Waals surface area contributed by atoms with Gasteiger partial charge in [0.2, 0.25) is 0 Å². The zero-order valence-corrected chi connectivity index (χ0v) is 9.44. The smallest absolute Gasteiger partial charge is 0.0830 e. The summed E-state index contributed by atoms with van der Waals surface area (Å²) >= 11 is 0. The van der Waals surface area contributed by atoms with E-state index in [2.05, 4.69) is 0 Å². The second-order valence-electron chi connectivity index (χ2n) is 2.82. The molecule has 1 rings (SSSR count). The van der Waals surface area contributed by atoms with Crippen LogP contribution in [0.3, 0.4) is 0 Å². The van der Waals surface area contributed by atoms with Crippen molar-refractivity contribution in [2.45, 2.75) is 6.17 Å². The Morgan fingerprint density at radius 3 is 1.92 bits per heavy atom. The zero-order valence-electron chi connectivity index (χ0n) is 7.81. The van der Waals surface area contributed by atoms with Crippen molar-refractivity contribution in [2.75, 3.05) is 14.1 Å². The second-order valence-corrected chi connectivity index (χ2v) is 2.82. The van der Waals surface area contributed by atoms with Gasteiger partial charge in [0.15, 0.2) is 0 Å². The van der Waals surface area contributed by atoms with E-state index in [1.807, 2.05) is 49.3 Å². The van der Waals surface area contributed by atoms with Gasteiger partial charge in [-0.25, -0.2) is 0 Å². The first-order valence-corrected chi connectivity index (χ1v) is 3.69. The standard InChI is InChI=1S/C9H14N2.2ClH/c1-11(2)9(10)8-6-4-3-5-7-8;;/h3-7,9H,10H2,1-2H3;2*1H. The Labute approximate surface area is 91.9 Å². The minimum absolute atomic E-state index is 0. The Morgan fingerprint density at radius 2 is 1.54 bits per heavy atom. The molecule has 76 valence electrons. The fourth-order valence-corrected chi connectivity index (χ4v) is 0.948. The molecule has 4 heteroatoms. The van der Waals surface area contributed by atoms with Gasteiger partial charge in [0, 0.05) is 0 Å². The molecule has 13 heavy (non-hydrogen) atoms. The van der Waals surface area contributed by atoms with Crippen LogP contribution in [0.5, 0.6) is 0 Å². The molecule has 0 spiro atoms. The molecule has 0 aliphatic rings. The molecule has 0 amide bonds. The number of rotatable bonds is 2. The van der Waals surface area contributed by atoms with Gasteiger partial charge in [-0.2, -0.15) is 0 Å². The van der Waals surface area contributed by atoms with Crippen molar-refractivity contribution >= 4 is 24.8 Å². The van der Waals surface area contributed by atoms with Gasteiger partial charge in [0.1, 0.15) is 0 Å². The molecule has 1 atom stereocenters. The molecule has 0 saturated carbocycles. The Kier molecular flexibility index (Phi) is 8.37. The summed E-state index contributed by atoms with van der Waals surface area (Å²) in [6, 6.07) is 10.1. The van der Waals surface area contributed by atoms with E-state index in [4.69, 9.17) is 5.73 Å². The van der Waals surface area contributed by atoms with Gasteiger partial charge in [-0.15, -0.1) is 24.8 Å². The lowest BCUT2D eigenvalue weighted by atomic mass is 10.2. The van der Waals surface area contributed by atoms with E-state index >= 15 is 0 Å². The SMILES string of the molecule is CN(C)C(N)c1ccccc1.Cl.Cl. The number of hydrogen-bond acceptors (Lipinski definition) is 2. The minimum Gasteiger partial charge on any atom is -0.312 e. The summed E-state index contributed by atoms with van der Waals surface area (Å²) in [6.07, 6.45) is 0.0104. The highest BCUT2D eigenvalue weighted by Crippen LogP contribution is 2.10. The normalized spacial score (nSPS) is 11.4. The summed E-state index contributed by atoms with van der Waals surface area (Å²) in [5.74, 6) is 0. The maximum Gasteiger partial charge on any atom is 0.0830 e. The third-order valence-corrected chi connectivity index (χ3v) is 1.70. The van der Waals surface area contributed by atoms with Gasteiger partial charge < -0.3 is 5.73 Å². The second kappa shape index (κ2) is 7.15. The Bertz CT molecular complexity index is 214. The van der Waals surface area contributed by atoms with Crippen LogP contribution in [-0.4, -0.2) is 19.0 Å². The van der Waals surface area contributed by atoms with E-state index in [0.29, 0.717) is 0 Å². The molecule has 0 bridgehead atoms. The van der Waals surface area contributed by atoms with Crippen molar-refractivity contribution in [1.29, 1.82) is 0 Å². The number of halogens is 2. The molecule has 0 radical (unpaired) electrons. The molecule has 1 unspecified atom stereocenters. The van der Waals surface area contributed by atoms with Gasteiger partial charge in [-0.1, -0.05) is 30.3 Å². The van der Waals surface area contributed by atoms with Gasteiger partial charge in [0.25, 0.3) is 0 Å². The fraction of sp³-hybridized carbons (Fsp3) is 0.333. The first-order valence-electron chi connectivity index (χ1n) is 3.69. The van der Waals surface area contributed by atoms with Crippen molar-refractivity contribution < 1.29 is 0 Å². The third kappa shape index (κ3) is 4.48. The van der Waals surface area contributed by atoms with Crippen LogP contribution in [0.15, 0.2) is 30.3 Å². The first kappa shape index (κ1) is 15.2. The van der Waals surface area contributed by atoms with Crippen molar-refractivity contribution in [2.24, 2.45) is 5.73 Å². The zero-order chi connectivity index (χ0) is 8.27. The molecule has 1 aromatic carbocycles. The Morgan fingerprint density at radius 1 is 1.08 bits per heavy atom. The van der Waals surface area contributed by atoms with Gasteiger partial charge in [-0.3, -0.25) is 4.90 Å². The largest absolute Gasteiger partial charge is 0.312 e. The highest BCUT2D eigenvalue weighted by Gasteiger charge is 2.05. The van der Waals surface area contributed by atoms with Crippen molar-refractivity contribution in [3.8, 4) is 0 Å². The maximum atomic E-state index is 5.86. The molecule has 0 aliphatic heterocycles. The minimum atomic E-state index is 0. The van der Waals surface area contributed by atoms with Crippen molar-refractivity contribution in [3.63, 3.8) is 0 Å². The topological polar surface area (TPSA) is 29.3 Å².